The van der Waals surface area contributed by atoms with Crippen LogP contribution in [0.4, 0.5) is 11.4 Å². The van der Waals surface area contributed by atoms with Crippen molar-refractivity contribution in [2.75, 3.05) is 0 Å². The molecule has 90 valence electrons. The molecule has 0 N–H and O–H groups in total. The molecule has 0 saturated heterocycles. The van der Waals surface area contributed by atoms with Gasteiger partial charge in [0.1, 0.15) is 0 Å². The van der Waals surface area contributed by atoms with Crippen molar-refractivity contribution in [3.8, 4) is 0 Å². The SMILES string of the molecule is O=[N+]([O-])c1cc2c3c(cccc3c1[N+](=O)[O-])CC2. The second-order valence-electron chi connectivity index (χ2n) is 4.26. The lowest BCUT2D eigenvalue weighted by molar-refractivity contribution is -0.421. The molecule has 0 fully saturated rings. The minimum absolute atomic E-state index is 0.374. The molecule has 6 nitrogen and oxygen atoms in total. The van der Waals surface area contributed by atoms with E-state index in [1.807, 2.05) is 6.07 Å². The number of nitrogens with zero attached hydrogens (tertiary/aromatic N) is 2. The van der Waals surface area contributed by atoms with Crippen molar-refractivity contribution in [1.82, 2.24) is 0 Å². The summed E-state index contributed by atoms with van der Waals surface area (Å²) in [5.41, 5.74) is 1.04. The van der Waals surface area contributed by atoms with Crippen LogP contribution in [-0.4, -0.2) is 9.85 Å². The predicted molar refractivity (Wildman–Crippen MR) is 64.7 cm³/mol. The molecule has 1 aliphatic carbocycles. The van der Waals surface area contributed by atoms with Crippen LogP contribution < -0.4 is 0 Å². The zero-order valence-corrected chi connectivity index (χ0v) is 9.25. The van der Waals surface area contributed by atoms with Crippen molar-refractivity contribution < 1.29 is 9.85 Å². The van der Waals surface area contributed by atoms with Gasteiger partial charge in [-0.2, -0.15) is 0 Å². The summed E-state index contributed by atoms with van der Waals surface area (Å²) < 4.78 is 0. The standard InChI is InChI=1S/C12H8N2O4/c15-13(16)10-6-8-5-4-7-2-1-3-9(11(7)8)12(10)14(17)18/h1-3,6H,4-5H2. The molecule has 6 heteroatoms. The highest BCUT2D eigenvalue weighted by molar-refractivity contribution is 6.00. The largest absolute Gasteiger partial charge is 0.353 e. The molecule has 0 atom stereocenters. The monoisotopic (exact) mass is 244 g/mol. The summed E-state index contributed by atoms with van der Waals surface area (Å²) in [6.07, 6.45) is 1.49. The molecule has 0 unspecified atom stereocenters. The van der Waals surface area contributed by atoms with E-state index in [1.165, 1.54) is 6.07 Å². The average molecular weight is 244 g/mol. The molecular weight excluding hydrogens is 236 g/mol. The molecular formula is C12H8N2O4. The molecule has 0 heterocycles. The van der Waals surface area contributed by atoms with Crippen molar-refractivity contribution in [2.24, 2.45) is 0 Å². The summed E-state index contributed by atoms with van der Waals surface area (Å²) in [6.45, 7) is 0. The Kier molecular flexibility index (Phi) is 2.07. The van der Waals surface area contributed by atoms with Gasteiger partial charge in [-0.25, -0.2) is 0 Å². The molecule has 3 rings (SSSR count). The lowest BCUT2D eigenvalue weighted by Crippen LogP contribution is -1.98. The number of benzene rings is 2. The Hall–Kier alpha value is -2.50. The summed E-state index contributed by atoms with van der Waals surface area (Å²) in [6, 6.07) is 6.55. The molecule has 0 aliphatic heterocycles. The van der Waals surface area contributed by atoms with Gasteiger partial charge < -0.3 is 0 Å². The first-order valence-electron chi connectivity index (χ1n) is 5.46. The number of aryl methyl sites for hydroxylation is 2. The molecule has 1 aliphatic rings. The summed E-state index contributed by atoms with van der Waals surface area (Å²) in [4.78, 5) is 20.7. The van der Waals surface area contributed by atoms with Crippen LogP contribution in [0.25, 0.3) is 10.8 Å². The van der Waals surface area contributed by atoms with Crippen LogP contribution in [0.2, 0.25) is 0 Å². The van der Waals surface area contributed by atoms with Gasteiger partial charge in [-0.3, -0.25) is 20.2 Å². The highest BCUT2D eigenvalue weighted by Crippen LogP contribution is 2.41. The Morgan fingerprint density at radius 1 is 1.00 bits per heavy atom. The maximum absolute atomic E-state index is 11.1. The van der Waals surface area contributed by atoms with Gasteiger partial charge in [0.2, 0.25) is 0 Å². The van der Waals surface area contributed by atoms with E-state index in [0.29, 0.717) is 11.8 Å². The van der Waals surface area contributed by atoms with E-state index < -0.39 is 21.2 Å². The Labute approximate surface area is 101 Å². The Bertz CT molecular complexity index is 709. The first kappa shape index (κ1) is 10.6. The van der Waals surface area contributed by atoms with Crippen molar-refractivity contribution in [1.29, 1.82) is 0 Å². The van der Waals surface area contributed by atoms with Gasteiger partial charge in [0.15, 0.2) is 0 Å². The van der Waals surface area contributed by atoms with Gasteiger partial charge in [0.25, 0.3) is 0 Å². The molecule has 0 radical (unpaired) electrons. The quantitative estimate of drug-likeness (QED) is 0.600. The summed E-state index contributed by atoms with van der Waals surface area (Å²) in [5.74, 6) is 0. The average Bonchev–Trinajstić information content (AvgIpc) is 2.73. The number of nitro benzene ring substituents is 2. The fourth-order valence-electron chi connectivity index (χ4n) is 2.63. The number of rotatable bonds is 2. The van der Waals surface area contributed by atoms with Crippen LogP contribution in [-0.2, 0) is 12.8 Å². The van der Waals surface area contributed by atoms with Gasteiger partial charge in [-0.1, -0.05) is 12.1 Å². The molecule has 0 spiro atoms. The van der Waals surface area contributed by atoms with E-state index in [-0.39, 0.29) is 0 Å². The number of hydrogen-bond acceptors (Lipinski definition) is 4. The lowest BCUT2D eigenvalue weighted by Gasteiger charge is -2.03. The third-order valence-electron chi connectivity index (χ3n) is 3.32. The van der Waals surface area contributed by atoms with E-state index in [0.717, 1.165) is 22.9 Å². The van der Waals surface area contributed by atoms with Gasteiger partial charge in [-0.15, -0.1) is 0 Å². The van der Waals surface area contributed by atoms with E-state index in [1.54, 1.807) is 12.1 Å². The van der Waals surface area contributed by atoms with Crippen LogP contribution in [0, 0.1) is 20.2 Å². The zero-order valence-electron chi connectivity index (χ0n) is 9.25. The first-order chi connectivity index (χ1) is 8.59. The smallest absolute Gasteiger partial charge is 0.258 e. The highest BCUT2D eigenvalue weighted by atomic mass is 16.6. The fraction of sp³-hybridized carbons (Fsp3) is 0.167. The third-order valence-corrected chi connectivity index (χ3v) is 3.32. The summed E-state index contributed by atoms with van der Waals surface area (Å²) in [5, 5.41) is 23.2. The van der Waals surface area contributed by atoms with E-state index in [2.05, 4.69) is 0 Å². The maximum Gasteiger partial charge on any atom is 0.353 e. The van der Waals surface area contributed by atoms with Gasteiger partial charge in [-0.05, 0) is 35.4 Å². The van der Waals surface area contributed by atoms with Crippen LogP contribution in [0.15, 0.2) is 24.3 Å². The van der Waals surface area contributed by atoms with Crippen molar-refractivity contribution in [3.63, 3.8) is 0 Å². The Morgan fingerprint density at radius 2 is 1.72 bits per heavy atom. The second kappa shape index (κ2) is 3.49. The molecule has 0 bridgehead atoms. The van der Waals surface area contributed by atoms with E-state index in [4.69, 9.17) is 0 Å². The highest BCUT2D eigenvalue weighted by Gasteiger charge is 2.31. The number of hydrogen-bond donors (Lipinski definition) is 0. The summed E-state index contributed by atoms with van der Waals surface area (Å²) >= 11 is 0. The zero-order chi connectivity index (χ0) is 12.9. The van der Waals surface area contributed by atoms with Crippen LogP contribution in [0.3, 0.4) is 0 Å². The number of nitro groups is 2. The molecule has 2 aromatic carbocycles. The topological polar surface area (TPSA) is 86.3 Å². The Morgan fingerprint density at radius 3 is 2.39 bits per heavy atom. The van der Waals surface area contributed by atoms with Gasteiger partial charge in [0, 0.05) is 6.07 Å². The van der Waals surface area contributed by atoms with Gasteiger partial charge in [0.05, 0.1) is 15.2 Å². The van der Waals surface area contributed by atoms with Crippen molar-refractivity contribution in [3.05, 3.63) is 55.6 Å². The molecule has 18 heavy (non-hydrogen) atoms. The molecule has 0 saturated carbocycles. The minimum atomic E-state index is -0.681. The molecule has 0 aromatic heterocycles. The first-order valence-corrected chi connectivity index (χ1v) is 5.46. The third kappa shape index (κ3) is 1.29. The normalized spacial score (nSPS) is 12.9. The van der Waals surface area contributed by atoms with Crippen LogP contribution >= 0.6 is 0 Å². The van der Waals surface area contributed by atoms with Crippen LogP contribution in [0.5, 0.6) is 0 Å². The fourth-order valence-corrected chi connectivity index (χ4v) is 2.63. The molecule has 2 aromatic rings. The Balaban J connectivity index is 2.51. The maximum atomic E-state index is 11.1. The minimum Gasteiger partial charge on any atom is -0.258 e. The second-order valence-corrected chi connectivity index (χ2v) is 4.26. The van der Waals surface area contributed by atoms with Crippen molar-refractivity contribution in [2.45, 2.75) is 12.8 Å². The van der Waals surface area contributed by atoms with Crippen molar-refractivity contribution >= 4 is 22.1 Å². The van der Waals surface area contributed by atoms with Crippen LogP contribution in [0.1, 0.15) is 11.1 Å². The molecule has 0 amide bonds. The van der Waals surface area contributed by atoms with Gasteiger partial charge >= 0.3 is 11.4 Å². The lowest BCUT2D eigenvalue weighted by atomic mass is 10.0. The predicted octanol–water partition coefficient (Wildman–Crippen LogP) is 2.75. The summed E-state index contributed by atoms with van der Waals surface area (Å²) in [7, 11) is 0. The van der Waals surface area contributed by atoms with E-state index in [9.17, 15) is 20.2 Å². The van der Waals surface area contributed by atoms with E-state index >= 15 is 0 Å².